The number of rotatable bonds is 2. The first kappa shape index (κ1) is 19.7. The van der Waals surface area contributed by atoms with Gasteiger partial charge in [0.2, 0.25) is 0 Å². The van der Waals surface area contributed by atoms with E-state index in [4.69, 9.17) is 22.6 Å². The number of nitrogen functional groups attached to an aromatic ring is 1. The van der Waals surface area contributed by atoms with Gasteiger partial charge < -0.3 is 5.73 Å². The van der Waals surface area contributed by atoms with E-state index in [2.05, 4.69) is 21.0 Å². The van der Waals surface area contributed by atoms with Crippen LogP contribution in [0.4, 0.5) is 32.2 Å². The zero-order chi connectivity index (χ0) is 19.2. The predicted molar refractivity (Wildman–Crippen MR) is 82.3 cm³/mol. The van der Waals surface area contributed by atoms with Crippen LogP contribution in [0.1, 0.15) is 11.3 Å². The number of alkyl halides is 6. The Balaban J connectivity index is 2.66. The number of anilines is 1. The molecule has 0 bridgehead atoms. The van der Waals surface area contributed by atoms with Crippen LogP contribution in [0.25, 0.3) is 5.69 Å². The molecule has 0 aliphatic heterocycles. The number of thioether (sulfide) groups is 1. The fourth-order valence-corrected chi connectivity index (χ4v) is 3.46. The molecule has 0 saturated heterocycles. The van der Waals surface area contributed by atoms with Crippen LogP contribution in [0.3, 0.4) is 0 Å². The van der Waals surface area contributed by atoms with Gasteiger partial charge in [0.25, 0.3) is 0 Å². The number of nitrogens with zero attached hydrogens (tertiary/aromatic N) is 3. The van der Waals surface area contributed by atoms with Gasteiger partial charge in [0, 0.05) is 4.47 Å². The summed E-state index contributed by atoms with van der Waals surface area (Å²) < 4.78 is 76.6. The summed E-state index contributed by atoms with van der Waals surface area (Å²) in [4.78, 5) is -0.669. The highest BCUT2D eigenvalue weighted by molar-refractivity contribution is 9.10. The summed E-state index contributed by atoms with van der Waals surface area (Å²) in [5, 5.41) is 12.1. The van der Waals surface area contributed by atoms with Gasteiger partial charge in [-0.15, -0.1) is 0 Å². The minimum absolute atomic E-state index is 0.213. The Morgan fingerprint density at radius 2 is 1.84 bits per heavy atom. The Bertz CT molecular complexity index is 847. The molecule has 0 aliphatic rings. The van der Waals surface area contributed by atoms with Gasteiger partial charge >= 0.3 is 11.7 Å². The van der Waals surface area contributed by atoms with E-state index in [1.54, 1.807) is 0 Å². The van der Waals surface area contributed by atoms with Gasteiger partial charge in [-0.05, 0) is 39.8 Å². The largest absolute Gasteiger partial charge is 0.446 e. The van der Waals surface area contributed by atoms with E-state index in [0.717, 1.165) is 0 Å². The van der Waals surface area contributed by atoms with Crippen molar-refractivity contribution in [2.75, 3.05) is 5.73 Å². The van der Waals surface area contributed by atoms with Gasteiger partial charge in [0.05, 0.1) is 21.2 Å². The molecule has 134 valence electrons. The lowest BCUT2D eigenvalue weighted by Gasteiger charge is -2.13. The van der Waals surface area contributed by atoms with Crippen molar-refractivity contribution >= 4 is 45.1 Å². The van der Waals surface area contributed by atoms with Crippen LogP contribution in [-0.4, -0.2) is 15.3 Å². The van der Waals surface area contributed by atoms with Crippen LogP contribution < -0.4 is 5.73 Å². The molecule has 2 rings (SSSR count). The van der Waals surface area contributed by atoms with E-state index < -0.39 is 50.4 Å². The molecule has 4 nitrogen and oxygen atoms in total. The molecule has 0 atom stereocenters. The third kappa shape index (κ3) is 4.16. The van der Waals surface area contributed by atoms with Gasteiger partial charge in [-0.2, -0.15) is 36.7 Å². The van der Waals surface area contributed by atoms with Crippen molar-refractivity contribution in [3.05, 3.63) is 32.9 Å². The van der Waals surface area contributed by atoms with Crippen molar-refractivity contribution < 1.29 is 26.3 Å². The molecule has 13 heteroatoms. The van der Waals surface area contributed by atoms with Crippen molar-refractivity contribution in [2.24, 2.45) is 0 Å². The smallest absolute Gasteiger partial charge is 0.383 e. The van der Waals surface area contributed by atoms with Crippen LogP contribution in [0, 0.1) is 11.3 Å². The first-order chi connectivity index (χ1) is 11.3. The summed E-state index contributed by atoms with van der Waals surface area (Å²) in [6.07, 6.45) is -4.69. The Morgan fingerprint density at radius 1 is 1.24 bits per heavy atom. The number of nitriles is 1. The third-order valence-corrected chi connectivity index (χ3v) is 4.49. The zero-order valence-corrected chi connectivity index (χ0v) is 14.7. The minimum Gasteiger partial charge on any atom is -0.383 e. The zero-order valence-electron chi connectivity index (χ0n) is 11.5. The van der Waals surface area contributed by atoms with Crippen molar-refractivity contribution in [1.82, 2.24) is 9.78 Å². The average molecular weight is 466 g/mol. The van der Waals surface area contributed by atoms with Gasteiger partial charge in [0.1, 0.15) is 11.9 Å². The summed E-state index contributed by atoms with van der Waals surface area (Å²) in [5.74, 6) is -0.582. The molecule has 0 saturated carbocycles. The maximum Gasteiger partial charge on any atom is 0.446 e. The van der Waals surface area contributed by atoms with E-state index in [0.29, 0.717) is 16.8 Å². The molecular weight excluding hydrogens is 462 g/mol. The highest BCUT2D eigenvalue weighted by Gasteiger charge is 2.35. The highest BCUT2D eigenvalue weighted by Crippen LogP contribution is 2.44. The fourth-order valence-electron chi connectivity index (χ4n) is 1.81. The topological polar surface area (TPSA) is 67.6 Å². The van der Waals surface area contributed by atoms with Gasteiger partial charge in [0.15, 0.2) is 5.69 Å². The Labute approximate surface area is 153 Å². The second-order valence-electron chi connectivity index (χ2n) is 4.42. The van der Waals surface area contributed by atoms with Crippen LogP contribution in [0.2, 0.25) is 5.02 Å². The minimum atomic E-state index is -4.74. The molecule has 0 amide bonds. The van der Waals surface area contributed by atoms with E-state index in [1.807, 2.05) is 0 Å². The molecule has 0 aliphatic carbocycles. The molecular formula is C12H4BrClF6N4S. The number of hydrogen-bond acceptors (Lipinski definition) is 4. The Kier molecular flexibility index (Phi) is 5.23. The molecule has 1 aromatic heterocycles. The highest BCUT2D eigenvalue weighted by atomic mass is 79.9. The van der Waals surface area contributed by atoms with Gasteiger partial charge in [-0.3, -0.25) is 0 Å². The molecule has 0 unspecified atom stereocenters. The SMILES string of the molecule is N#Cc1nn(-c2c(Cl)cc(C(F)(F)F)cc2Br)c(N)c1SC(F)(F)F. The number of aromatic nitrogens is 2. The number of benzene rings is 1. The van der Waals surface area contributed by atoms with Crippen molar-refractivity contribution in [1.29, 1.82) is 5.26 Å². The van der Waals surface area contributed by atoms with Crippen molar-refractivity contribution in [2.45, 2.75) is 16.6 Å². The molecule has 2 N–H and O–H groups in total. The maximum atomic E-state index is 12.8. The summed E-state index contributed by atoms with van der Waals surface area (Å²) in [6.45, 7) is 0. The first-order valence-electron chi connectivity index (χ1n) is 5.96. The molecule has 0 fully saturated rings. The normalized spacial score (nSPS) is 12.3. The van der Waals surface area contributed by atoms with Gasteiger partial charge in [-0.25, -0.2) is 4.68 Å². The Morgan fingerprint density at radius 3 is 2.28 bits per heavy atom. The third-order valence-electron chi connectivity index (χ3n) is 2.76. The van der Waals surface area contributed by atoms with E-state index in [-0.39, 0.29) is 10.2 Å². The lowest BCUT2D eigenvalue weighted by atomic mass is 10.2. The van der Waals surface area contributed by atoms with Crippen molar-refractivity contribution in [3.8, 4) is 11.8 Å². The van der Waals surface area contributed by atoms with E-state index in [1.165, 1.54) is 6.07 Å². The molecule has 1 aromatic carbocycles. The molecule has 25 heavy (non-hydrogen) atoms. The fraction of sp³-hybridized carbons (Fsp3) is 0.167. The first-order valence-corrected chi connectivity index (χ1v) is 7.95. The van der Waals surface area contributed by atoms with E-state index >= 15 is 0 Å². The quantitative estimate of drug-likeness (QED) is 0.478. The standard InChI is InChI=1S/C12H4BrClF6N4S/c13-5-1-4(11(15,16)17)2-6(14)8(5)24-10(22)9(7(3-21)23-24)25-12(18,19)20/h1-2H,22H2. The maximum absolute atomic E-state index is 12.8. The van der Waals surface area contributed by atoms with Crippen LogP contribution in [0.5, 0.6) is 0 Å². The van der Waals surface area contributed by atoms with E-state index in [9.17, 15) is 26.3 Å². The predicted octanol–water partition coefficient (Wildman–Crippen LogP) is 5.37. The second kappa shape index (κ2) is 6.62. The number of halogens is 8. The molecule has 0 spiro atoms. The summed E-state index contributed by atoms with van der Waals surface area (Å²) in [6, 6.07) is 2.70. The summed E-state index contributed by atoms with van der Waals surface area (Å²) >= 11 is 8.04. The molecule has 2 aromatic rings. The summed E-state index contributed by atoms with van der Waals surface area (Å²) in [5.41, 5.74) is -1.07. The lowest BCUT2D eigenvalue weighted by molar-refractivity contribution is -0.137. The molecule has 1 heterocycles. The number of hydrogen-bond donors (Lipinski definition) is 1. The van der Waals surface area contributed by atoms with Crippen LogP contribution >= 0.6 is 39.3 Å². The van der Waals surface area contributed by atoms with Crippen LogP contribution in [-0.2, 0) is 6.18 Å². The van der Waals surface area contributed by atoms with Crippen molar-refractivity contribution in [3.63, 3.8) is 0 Å². The summed E-state index contributed by atoms with van der Waals surface area (Å²) in [7, 11) is 0. The van der Waals surface area contributed by atoms with Gasteiger partial charge in [-0.1, -0.05) is 11.6 Å². The molecule has 0 radical (unpaired) electrons. The number of nitrogens with two attached hydrogens (primary N) is 1. The second-order valence-corrected chi connectivity index (χ2v) is 6.76. The average Bonchev–Trinajstić information content (AvgIpc) is 2.73. The monoisotopic (exact) mass is 464 g/mol. The lowest BCUT2D eigenvalue weighted by Crippen LogP contribution is -2.09. The Hall–Kier alpha value is -1.58. The van der Waals surface area contributed by atoms with Crippen LogP contribution in [0.15, 0.2) is 21.5 Å².